The van der Waals surface area contributed by atoms with Gasteiger partial charge in [0.2, 0.25) is 0 Å². The number of carbonyl (C=O) groups excluding carboxylic acids is 2. The maximum atomic E-state index is 12.4. The molecule has 5 rings (SSSR count). The standard InChI is InChI=1S/C21H24N4O3S/c1-21(2)18(26)24-19(27)25(21)20-23-17-14-4-3-13(12-5-8-22-9-6-12)11-15(14)28-10-7-16(17)29-20/h3-4,11-12,22H,5-10H2,1-2H3,(H,24,26,27). The van der Waals surface area contributed by atoms with E-state index in [1.165, 1.54) is 21.8 Å². The maximum absolute atomic E-state index is 12.4. The second-order valence-electron chi connectivity index (χ2n) is 8.30. The summed E-state index contributed by atoms with van der Waals surface area (Å²) in [6.07, 6.45) is 3.00. The normalized spacial score (nSPS) is 21.2. The third-order valence-corrected chi connectivity index (χ3v) is 7.17. The van der Waals surface area contributed by atoms with Gasteiger partial charge in [0, 0.05) is 16.9 Å². The van der Waals surface area contributed by atoms with Crippen molar-refractivity contribution in [1.82, 2.24) is 15.6 Å². The molecule has 0 bridgehead atoms. The van der Waals surface area contributed by atoms with Gasteiger partial charge in [-0.1, -0.05) is 6.07 Å². The van der Waals surface area contributed by atoms with Crippen molar-refractivity contribution in [2.45, 2.75) is 44.6 Å². The van der Waals surface area contributed by atoms with Gasteiger partial charge in [0.05, 0.1) is 12.3 Å². The molecule has 3 aliphatic heterocycles. The van der Waals surface area contributed by atoms with Crippen LogP contribution in [-0.2, 0) is 11.2 Å². The molecule has 7 nitrogen and oxygen atoms in total. The molecule has 0 aliphatic carbocycles. The third-order valence-electron chi connectivity index (χ3n) is 6.07. The topological polar surface area (TPSA) is 83.6 Å². The fourth-order valence-corrected chi connectivity index (χ4v) is 5.52. The number of imide groups is 1. The highest BCUT2D eigenvalue weighted by molar-refractivity contribution is 7.16. The van der Waals surface area contributed by atoms with Crippen LogP contribution in [0.2, 0.25) is 0 Å². The molecule has 8 heteroatoms. The number of thiazole rings is 1. The van der Waals surface area contributed by atoms with Gasteiger partial charge < -0.3 is 10.1 Å². The highest BCUT2D eigenvalue weighted by Crippen LogP contribution is 2.43. The van der Waals surface area contributed by atoms with Crippen LogP contribution in [-0.4, -0.2) is 42.2 Å². The first-order valence-corrected chi connectivity index (χ1v) is 10.9. The Morgan fingerprint density at radius 3 is 2.76 bits per heavy atom. The number of nitrogens with one attached hydrogen (secondary N) is 2. The van der Waals surface area contributed by atoms with Crippen molar-refractivity contribution >= 4 is 28.4 Å². The number of benzene rings is 1. The Hall–Kier alpha value is -2.45. The summed E-state index contributed by atoms with van der Waals surface area (Å²) in [7, 11) is 0. The summed E-state index contributed by atoms with van der Waals surface area (Å²) in [5, 5.41) is 6.36. The largest absolute Gasteiger partial charge is 0.492 e. The summed E-state index contributed by atoms with van der Waals surface area (Å²) in [4.78, 5) is 31.9. The van der Waals surface area contributed by atoms with E-state index in [1.54, 1.807) is 13.8 Å². The van der Waals surface area contributed by atoms with Crippen molar-refractivity contribution < 1.29 is 14.3 Å². The molecule has 2 aromatic rings. The number of anilines is 1. The molecule has 0 unspecified atom stereocenters. The van der Waals surface area contributed by atoms with Crippen LogP contribution in [0.4, 0.5) is 9.93 Å². The zero-order valence-corrected chi connectivity index (χ0v) is 17.4. The number of ether oxygens (including phenoxy) is 1. The molecule has 0 spiro atoms. The molecule has 0 atom stereocenters. The van der Waals surface area contributed by atoms with Gasteiger partial charge in [0.1, 0.15) is 11.3 Å². The van der Waals surface area contributed by atoms with E-state index in [0.29, 0.717) is 17.7 Å². The average molecular weight is 413 g/mol. The van der Waals surface area contributed by atoms with Gasteiger partial charge in [-0.3, -0.25) is 15.0 Å². The predicted octanol–water partition coefficient (Wildman–Crippen LogP) is 3.05. The molecule has 4 heterocycles. The van der Waals surface area contributed by atoms with Crippen molar-refractivity contribution in [2.24, 2.45) is 0 Å². The van der Waals surface area contributed by atoms with Gasteiger partial charge in [0.15, 0.2) is 5.13 Å². The van der Waals surface area contributed by atoms with Gasteiger partial charge in [0.25, 0.3) is 5.91 Å². The second kappa shape index (κ2) is 6.81. The Morgan fingerprint density at radius 1 is 1.24 bits per heavy atom. The lowest BCUT2D eigenvalue weighted by molar-refractivity contribution is -0.122. The minimum Gasteiger partial charge on any atom is -0.492 e. The molecule has 0 saturated carbocycles. The zero-order valence-electron chi connectivity index (χ0n) is 16.6. The highest BCUT2D eigenvalue weighted by atomic mass is 32.1. The number of piperidine rings is 1. The van der Waals surface area contributed by atoms with Gasteiger partial charge >= 0.3 is 6.03 Å². The Balaban J connectivity index is 1.53. The first kappa shape index (κ1) is 18.6. The molecule has 2 N–H and O–H groups in total. The number of nitrogens with zero attached hydrogens (tertiary/aromatic N) is 2. The van der Waals surface area contributed by atoms with E-state index in [0.717, 1.165) is 54.2 Å². The second-order valence-corrected chi connectivity index (χ2v) is 9.36. The van der Waals surface area contributed by atoms with Crippen LogP contribution in [0.15, 0.2) is 18.2 Å². The predicted molar refractivity (Wildman–Crippen MR) is 112 cm³/mol. The summed E-state index contributed by atoms with van der Waals surface area (Å²) in [5.41, 5.74) is 2.18. The van der Waals surface area contributed by atoms with Gasteiger partial charge in [-0.25, -0.2) is 9.78 Å². The number of rotatable bonds is 2. The van der Waals surface area contributed by atoms with Crippen molar-refractivity contribution in [3.63, 3.8) is 0 Å². The van der Waals surface area contributed by atoms with Crippen LogP contribution in [0.5, 0.6) is 5.75 Å². The van der Waals surface area contributed by atoms with Crippen LogP contribution < -0.4 is 20.3 Å². The van der Waals surface area contributed by atoms with E-state index in [9.17, 15) is 9.59 Å². The number of fused-ring (bicyclic) bond motifs is 3. The van der Waals surface area contributed by atoms with Crippen molar-refractivity contribution in [3.05, 3.63) is 28.6 Å². The average Bonchev–Trinajstić information content (AvgIpc) is 3.13. The lowest BCUT2D eigenvalue weighted by atomic mass is 9.89. The molecule has 3 aliphatic rings. The lowest BCUT2D eigenvalue weighted by Gasteiger charge is -2.25. The lowest BCUT2D eigenvalue weighted by Crippen LogP contribution is -2.44. The molecule has 0 radical (unpaired) electrons. The fourth-order valence-electron chi connectivity index (χ4n) is 4.32. The highest BCUT2D eigenvalue weighted by Gasteiger charge is 2.48. The minimum atomic E-state index is -0.953. The molecule has 2 saturated heterocycles. The van der Waals surface area contributed by atoms with Crippen LogP contribution >= 0.6 is 11.3 Å². The van der Waals surface area contributed by atoms with E-state index >= 15 is 0 Å². The van der Waals surface area contributed by atoms with E-state index in [1.807, 2.05) is 0 Å². The van der Waals surface area contributed by atoms with Gasteiger partial charge in [-0.05, 0) is 63.4 Å². The molecule has 1 aromatic carbocycles. The first-order chi connectivity index (χ1) is 13.9. The Bertz CT molecular complexity index is 994. The molecule has 1 aromatic heterocycles. The zero-order chi connectivity index (χ0) is 20.2. The fraction of sp³-hybridized carbons (Fsp3) is 0.476. The van der Waals surface area contributed by atoms with Crippen molar-refractivity contribution in [2.75, 3.05) is 24.6 Å². The molecule has 29 heavy (non-hydrogen) atoms. The Morgan fingerprint density at radius 2 is 2.03 bits per heavy atom. The van der Waals surface area contributed by atoms with Crippen LogP contribution in [0, 0.1) is 0 Å². The van der Waals surface area contributed by atoms with E-state index in [4.69, 9.17) is 9.72 Å². The molecular formula is C21H24N4O3S. The molecule has 152 valence electrons. The van der Waals surface area contributed by atoms with Crippen LogP contribution in [0.1, 0.15) is 43.0 Å². The summed E-state index contributed by atoms with van der Waals surface area (Å²) in [6.45, 7) is 6.15. The third kappa shape index (κ3) is 3.02. The van der Waals surface area contributed by atoms with E-state index < -0.39 is 11.6 Å². The Labute approximate surface area is 173 Å². The number of carbonyl (C=O) groups is 2. The van der Waals surface area contributed by atoms with Gasteiger partial charge in [-0.15, -0.1) is 11.3 Å². The number of urea groups is 1. The molecule has 2 fully saturated rings. The monoisotopic (exact) mass is 412 g/mol. The Kier molecular flexibility index (Phi) is 4.36. The maximum Gasteiger partial charge on any atom is 0.331 e. The number of amides is 3. The molecular weight excluding hydrogens is 388 g/mol. The van der Waals surface area contributed by atoms with Crippen LogP contribution in [0.3, 0.4) is 0 Å². The number of hydrogen-bond donors (Lipinski definition) is 2. The number of hydrogen-bond acceptors (Lipinski definition) is 6. The van der Waals surface area contributed by atoms with E-state index in [-0.39, 0.29) is 5.91 Å². The summed E-state index contributed by atoms with van der Waals surface area (Å²) >= 11 is 1.46. The smallest absolute Gasteiger partial charge is 0.331 e. The number of aromatic nitrogens is 1. The van der Waals surface area contributed by atoms with Crippen molar-refractivity contribution in [1.29, 1.82) is 0 Å². The van der Waals surface area contributed by atoms with E-state index in [2.05, 4.69) is 28.8 Å². The SMILES string of the molecule is CC1(C)C(=O)NC(=O)N1c1nc2c(s1)CCOc1cc(C3CCNCC3)ccc1-2. The molecule has 3 amide bonds. The summed E-state index contributed by atoms with van der Waals surface area (Å²) in [6, 6.07) is 6.03. The van der Waals surface area contributed by atoms with Gasteiger partial charge in [-0.2, -0.15) is 0 Å². The van der Waals surface area contributed by atoms with Crippen molar-refractivity contribution in [3.8, 4) is 17.0 Å². The summed E-state index contributed by atoms with van der Waals surface area (Å²) < 4.78 is 6.07. The quantitative estimate of drug-likeness (QED) is 0.741. The summed E-state index contributed by atoms with van der Waals surface area (Å²) in [5.74, 6) is 1.11. The minimum absolute atomic E-state index is 0.303. The first-order valence-electron chi connectivity index (χ1n) is 10.1. The van der Waals surface area contributed by atoms with Crippen LogP contribution in [0.25, 0.3) is 11.3 Å².